The fourth-order valence-corrected chi connectivity index (χ4v) is 2.42. The van der Waals surface area contributed by atoms with Gasteiger partial charge in [0.15, 0.2) is 17.5 Å². The molecule has 0 aliphatic heterocycles. The van der Waals surface area contributed by atoms with Crippen molar-refractivity contribution in [3.8, 4) is 11.5 Å². The molecule has 0 bridgehead atoms. The molecule has 8 heteroatoms. The van der Waals surface area contributed by atoms with Crippen molar-refractivity contribution in [1.29, 1.82) is 0 Å². The van der Waals surface area contributed by atoms with Crippen LogP contribution in [0.15, 0.2) is 47.5 Å². The van der Waals surface area contributed by atoms with Gasteiger partial charge in [-0.3, -0.25) is 4.99 Å². The Balaban J connectivity index is 0.00000392. The molecule has 0 heterocycles. The molecule has 28 heavy (non-hydrogen) atoms. The highest BCUT2D eigenvalue weighted by atomic mass is 127. The number of nitrogens with zero attached hydrogens (tertiary/aromatic N) is 1. The molecule has 0 spiro atoms. The summed E-state index contributed by atoms with van der Waals surface area (Å²) in [5.41, 5.74) is 3.22. The van der Waals surface area contributed by atoms with Crippen LogP contribution < -0.4 is 20.1 Å². The SMILES string of the molecule is CCOc1cc(CNC(=NC)NCc2ccc(C)cc2)ccc1OC(F)F.I. The van der Waals surface area contributed by atoms with E-state index in [4.69, 9.17) is 4.74 Å². The quantitative estimate of drug-likeness (QED) is 0.316. The lowest BCUT2D eigenvalue weighted by molar-refractivity contribution is -0.0514. The number of rotatable bonds is 8. The summed E-state index contributed by atoms with van der Waals surface area (Å²) >= 11 is 0. The van der Waals surface area contributed by atoms with E-state index in [2.05, 4.69) is 44.6 Å². The van der Waals surface area contributed by atoms with E-state index in [1.807, 2.05) is 6.92 Å². The second kappa shape index (κ2) is 12.4. The van der Waals surface area contributed by atoms with Crippen LogP contribution in [0.2, 0.25) is 0 Å². The van der Waals surface area contributed by atoms with Gasteiger partial charge in [-0.1, -0.05) is 35.9 Å². The average Bonchev–Trinajstić information content (AvgIpc) is 2.65. The van der Waals surface area contributed by atoms with Crippen molar-refractivity contribution in [2.24, 2.45) is 4.99 Å². The summed E-state index contributed by atoms with van der Waals surface area (Å²) in [5, 5.41) is 6.43. The molecule has 154 valence electrons. The Labute approximate surface area is 181 Å². The molecule has 2 aromatic carbocycles. The van der Waals surface area contributed by atoms with Crippen LogP contribution in [-0.4, -0.2) is 26.2 Å². The maximum Gasteiger partial charge on any atom is 0.387 e. The molecular weight excluding hydrogens is 479 g/mol. The minimum absolute atomic E-state index is 0. The first-order valence-electron chi connectivity index (χ1n) is 8.72. The molecule has 0 aromatic heterocycles. The van der Waals surface area contributed by atoms with Crippen molar-refractivity contribution in [2.45, 2.75) is 33.5 Å². The summed E-state index contributed by atoms with van der Waals surface area (Å²) in [7, 11) is 1.69. The molecule has 0 amide bonds. The van der Waals surface area contributed by atoms with Crippen LogP contribution in [0, 0.1) is 6.92 Å². The smallest absolute Gasteiger partial charge is 0.387 e. The predicted molar refractivity (Wildman–Crippen MR) is 118 cm³/mol. The molecule has 0 saturated carbocycles. The topological polar surface area (TPSA) is 54.9 Å². The zero-order chi connectivity index (χ0) is 19.6. The van der Waals surface area contributed by atoms with E-state index in [1.165, 1.54) is 11.6 Å². The number of nitrogens with one attached hydrogen (secondary N) is 2. The van der Waals surface area contributed by atoms with E-state index in [1.54, 1.807) is 26.1 Å². The van der Waals surface area contributed by atoms with Crippen molar-refractivity contribution in [3.63, 3.8) is 0 Å². The van der Waals surface area contributed by atoms with Crippen LogP contribution in [0.5, 0.6) is 11.5 Å². The Morgan fingerprint density at radius 1 is 1.00 bits per heavy atom. The van der Waals surface area contributed by atoms with Gasteiger partial charge in [0.1, 0.15) is 0 Å². The Bertz CT molecular complexity index is 756. The summed E-state index contributed by atoms with van der Waals surface area (Å²) < 4.78 is 34.8. The Morgan fingerprint density at radius 2 is 1.61 bits per heavy atom. The van der Waals surface area contributed by atoms with Gasteiger partial charge in [0.2, 0.25) is 0 Å². The molecule has 0 aliphatic rings. The standard InChI is InChI=1S/C20H25F2N3O2.HI/c1-4-26-18-11-16(9-10-17(18)27-19(21)22)13-25-20(23-3)24-12-15-7-5-14(2)6-8-15;/h5-11,19H,4,12-13H2,1-3H3,(H2,23,24,25);1H. The molecule has 0 radical (unpaired) electrons. The second-order valence-electron chi connectivity index (χ2n) is 5.86. The van der Waals surface area contributed by atoms with Gasteiger partial charge in [0.25, 0.3) is 0 Å². The number of hydrogen-bond donors (Lipinski definition) is 2. The van der Waals surface area contributed by atoms with Gasteiger partial charge < -0.3 is 20.1 Å². The lowest BCUT2D eigenvalue weighted by Crippen LogP contribution is -2.36. The Morgan fingerprint density at radius 3 is 2.18 bits per heavy atom. The lowest BCUT2D eigenvalue weighted by atomic mass is 10.1. The largest absolute Gasteiger partial charge is 0.490 e. The third-order valence-corrected chi connectivity index (χ3v) is 3.79. The number of halogens is 3. The Hall–Kier alpha value is -2.10. The van der Waals surface area contributed by atoms with Crippen LogP contribution in [0.4, 0.5) is 8.78 Å². The van der Waals surface area contributed by atoms with Gasteiger partial charge in [0.05, 0.1) is 6.61 Å². The third kappa shape index (κ3) is 7.87. The molecule has 0 atom stereocenters. The maximum absolute atomic E-state index is 12.5. The van der Waals surface area contributed by atoms with Crippen LogP contribution in [-0.2, 0) is 13.1 Å². The zero-order valence-corrected chi connectivity index (χ0v) is 18.5. The number of benzene rings is 2. The summed E-state index contributed by atoms with van der Waals surface area (Å²) in [6, 6.07) is 13.1. The fourth-order valence-electron chi connectivity index (χ4n) is 2.42. The zero-order valence-electron chi connectivity index (χ0n) is 16.2. The molecule has 0 saturated heterocycles. The lowest BCUT2D eigenvalue weighted by Gasteiger charge is -2.15. The van der Waals surface area contributed by atoms with Crippen molar-refractivity contribution < 1.29 is 18.3 Å². The van der Waals surface area contributed by atoms with Gasteiger partial charge in [-0.25, -0.2) is 0 Å². The molecule has 2 rings (SSSR count). The number of alkyl halides is 2. The van der Waals surface area contributed by atoms with E-state index in [0.717, 1.165) is 11.1 Å². The van der Waals surface area contributed by atoms with Gasteiger partial charge >= 0.3 is 6.61 Å². The molecule has 0 unspecified atom stereocenters. The van der Waals surface area contributed by atoms with Crippen molar-refractivity contribution >= 4 is 29.9 Å². The monoisotopic (exact) mass is 505 g/mol. The van der Waals surface area contributed by atoms with Gasteiger partial charge in [-0.05, 0) is 37.1 Å². The van der Waals surface area contributed by atoms with Gasteiger partial charge in [-0.15, -0.1) is 24.0 Å². The highest BCUT2D eigenvalue weighted by molar-refractivity contribution is 14.0. The van der Waals surface area contributed by atoms with Gasteiger partial charge in [-0.2, -0.15) is 8.78 Å². The molecule has 0 aliphatic carbocycles. The highest BCUT2D eigenvalue weighted by Gasteiger charge is 2.11. The first-order valence-corrected chi connectivity index (χ1v) is 8.72. The van der Waals surface area contributed by atoms with Crippen LogP contribution >= 0.6 is 24.0 Å². The van der Waals surface area contributed by atoms with E-state index in [-0.39, 0.29) is 29.7 Å². The second-order valence-corrected chi connectivity index (χ2v) is 5.86. The van der Waals surface area contributed by atoms with Crippen LogP contribution in [0.3, 0.4) is 0 Å². The molecular formula is C20H26F2IN3O2. The number of aryl methyl sites for hydroxylation is 1. The average molecular weight is 505 g/mol. The van der Waals surface area contributed by atoms with Crippen LogP contribution in [0.1, 0.15) is 23.6 Å². The summed E-state index contributed by atoms with van der Waals surface area (Å²) in [4.78, 5) is 4.19. The van der Waals surface area contributed by atoms with Crippen molar-refractivity contribution in [3.05, 3.63) is 59.2 Å². The third-order valence-electron chi connectivity index (χ3n) is 3.79. The summed E-state index contributed by atoms with van der Waals surface area (Å²) in [6.07, 6.45) is 0. The number of hydrogen-bond acceptors (Lipinski definition) is 3. The van der Waals surface area contributed by atoms with Crippen molar-refractivity contribution in [1.82, 2.24) is 10.6 Å². The molecule has 0 fully saturated rings. The van der Waals surface area contributed by atoms with E-state index in [9.17, 15) is 8.78 Å². The number of guanidine groups is 1. The summed E-state index contributed by atoms with van der Waals surface area (Å²) in [6.45, 7) is 2.40. The maximum atomic E-state index is 12.5. The Kier molecular flexibility index (Phi) is 10.6. The molecule has 5 nitrogen and oxygen atoms in total. The minimum Gasteiger partial charge on any atom is -0.490 e. The first kappa shape index (κ1) is 23.9. The number of aliphatic imine (C=N–C) groups is 1. The molecule has 2 N–H and O–H groups in total. The number of ether oxygens (including phenoxy) is 2. The van der Waals surface area contributed by atoms with Crippen molar-refractivity contribution in [2.75, 3.05) is 13.7 Å². The summed E-state index contributed by atoms with van der Waals surface area (Å²) in [5.74, 6) is 0.957. The minimum atomic E-state index is -2.89. The predicted octanol–water partition coefficient (Wildman–Crippen LogP) is 4.48. The van der Waals surface area contributed by atoms with E-state index >= 15 is 0 Å². The molecule has 2 aromatic rings. The normalized spacial score (nSPS) is 11.0. The fraction of sp³-hybridized carbons (Fsp3) is 0.350. The first-order chi connectivity index (χ1) is 13.0. The van der Waals surface area contributed by atoms with E-state index < -0.39 is 6.61 Å². The highest BCUT2D eigenvalue weighted by Crippen LogP contribution is 2.29. The van der Waals surface area contributed by atoms with E-state index in [0.29, 0.717) is 31.4 Å². The van der Waals surface area contributed by atoms with Crippen LogP contribution in [0.25, 0.3) is 0 Å². The van der Waals surface area contributed by atoms with Gasteiger partial charge in [0, 0.05) is 20.1 Å².